The molecule has 17 heavy (non-hydrogen) atoms. The Morgan fingerprint density at radius 2 is 0.882 bits per heavy atom. The maximum atomic E-state index is 3.57. The molecule has 0 aromatic rings. The smallest absolute Gasteiger partial charge is 0.00489 e. The number of allylic oxidation sites excluding steroid dienone is 2. The van der Waals surface area contributed by atoms with Crippen LogP contribution >= 0.6 is 0 Å². The fourth-order valence-electron chi connectivity index (χ4n) is 2.45. The second-order valence-electron chi connectivity index (χ2n) is 5.33. The topological polar surface area (TPSA) is 12.0 Å². The van der Waals surface area contributed by atoms with E-state index in [0.717, 1.165) is 0 Å². The normalized spacial score (nSPS) is 23.1. The number of hydrogen-bond acceptors (Lipinski definition) is 1. The van der Waals surface area contributed by atoms with Gasteiger partial charge in [-0.05, 0) is 51.6 Å². The Bertz CT molecular complexity index is 156. The molecule has 0 saturated heterocycles. The lowest BCUT2D eigenvalue weighted by Crippen LogP contribution is -2.16. The van der Waals surface area contributed by atoms with E-state index in [1.165, 1.54) is 90.1 Å². The van der Waals surface area contributed by atoms with Gasteiger partial charge in [-0.25, -0.2) is 0 Å². The van der Waals surface area contributed by atoms with Crippen LogP contribution in [0.2, 0.25) is 0 Å². The van der Waals surface area contributed by atoms with Crippen molar-refractivity contribution in [1.82, 2.24) is 5.32 Å². The summed E-state index contributed by atoms with van der Waals surface area (Å²) in [6.45, 7) is 2.47. The molecule has 1 nitrogen and oxygen atoms in total. The zero-order chi connectivity index (χ0) is 12.0. The minimum atomic E-state index is 1.23. The molecule has 0 amide bonds. The van der Waals surface area contributed by atoms with Crippen LogP contribution in [0.25, 0.3) is 0 Å². The van der Waals surface area contributed by atoms with E-state index < -0.39 is 0 Å². The molecule has 1 aliphatic rings. The summed E-state index contributed by atoms with van der Waals surface area (Å²) in [4.78, 5) is 0. The summed E-state index contributed by atoms with van der Waals surface area (Å²) in [5.74, 6) is 0. The van der Waals surface area contributed by atoms with Crippen molar-refractivity contribution in [1.29, 1.82) is 0 Å². The van der Waals surface area contributed by atoms with Crippen LogP contribution in [-0.4, -0.2) is 13.1 Å². The summed E-state index contributed by atoms with van der Waals surface area (Å²) in [6, 6.07) is 0. The van der Waals surface area contributed by atoms with Crippen LogP contribution in [0.4, 0.5) is 0 Å². The third kappa shape index (κ3) is 10.6. The Morgan fingerprint density at radius 1 is 0.471 bits per heavy atom. The molecule has 1 N–H and O–H groups in total. The van der Waals surface area contributed by atoms with Crippen molar-refractivity contribution < 1.29 is 0 Å². The van der Waals surface area contributed by atoms with Crippen molar-refractivity contribution in [3.63, 3.8) is 0 Å². The van der Waals surface area contributed by atoms with E-state index in [-0.39, 0.29) is 0 Å². The Kier molecular flexibility index (Phi) is 10.6. The molecule has 0 aliphatic carbocycles. The Labute approximate surface area is 108 Å². The summed E-state index contributed by atoms with van der Waals surface area (Å²) in [6.07, 6.45) is 21.5. The molecule has 1 heterocycles. The fraction of sp³-hybridized carbons (Fsp3) is 0.875. The molecule has 1 heteroatoms. The van der Waals surface area contributed by atoms with Crippen LogP contribution in [0.1, 0.15) is 77.0 Å². The van der Waals surface area contributed by atoms with E-state index in [0.29, 0.717) is 0 Å². The van der Waals surface area contributed by atoms with Gasteiger partial charge in [-0.1, -0.05) is 50.7 Å². The van der Waals surface area contributed by atoms with Crippen molar-refractivity contribution in [2.75, 3.05) is 13.1 Å². The van der Waals surface area contributed by atoms with Crippen LogP contribution in [0.3, 0.4) is 0 Å². The van der Waals surface area contributed by atoms with Crippen LogP contribution in [-0.2, 0) is 0 Å². The van der Waals surface area contributed by atoms with E-state index in [9.17, 15) is 0 Å². The minimum absolute atomic E-state index is 1.23. The van der Waals surface area contributed by atoms with Gasteiger partial charge in [-0.3, -0.25) is 0 Å². The van der Waals surface area contributed by atoms with Gasteiger partial charge in [-0.15, -0.1) is 0 Å². The van der Waals surface area contributed by atoms with Crippen molar-refractivity contribution in [3.8, 4) is 0 Å². The Balaban J connectivity index is 2.07. The molecule has 100 valence electrons. The van der Waals surface area contributed by atoms with Gasteiger partial charge in [0, 0.05) is 0 Å². The van der Waals surface area contributed by atoms with Crippen molar-refractivity contribution in [2.24, 2.45) is 0 Å². The quantitative estimate of drug-likeness (QED) is 0.595. The molecule has 0 aromatic heterocycles. The molecule has 0 radical (unpaired) electrons. The van der Waals surface area contributed by atoms with E-state index in [1.807, 2.05) is 0 Å². The van der Waals surface area contributed by atoms with Crippen LogP contribution in [0.15, 0.2) is 12.2 Å². The highest BCUT2D eigenvalue weighted by Crippen LogP contribution is 2.09. The van der Waals surface area contributed by atoms with Gasteiger partial charge in [-0.2, -0.15) is 0 Å². The molecule has 0 saturated carbocycles. The second kappa shape index (κ2) is 12.2. The lowest BCUT2D eigenvalue weighted by atomic mass is 10.1. The first-order valence-corrected chi connectivity index (χ1v) is 7.86. The summed E-state index contributed by atoms with van der Waals surface area (Å²) < 4.78 is 0. The largest absolute Gasteiger partial charge is 0.317 e. The first-order chi connectivity index (χ1) is 8.50. The minimum Gasteiger partial charge on any atom is -0.317 e. The van der Waals surface area contributed by atoms with E-state index in [4.69, 9.17) is 0 Å². The molecule has 0 unspecified atom stereocenters. The third-order valence-electron chi connectivity index (χ3n) is 3.62. The van der Waals surface area contributed by atoms with E-state index >= 15 is 0 Å². The van der Waals surface area contributed by atoms with Crippen LogP contribution in [0.5, 0.6) is 0 Å². The summed E-state index contributed by atoms with van der Waals surface area (Å²) in [5.41, 5.74) is 0. The maximum Gasteiger partial charge on any atom is -0.00489 e. The van der Waals surface area contributed by atoms with Gasteiger partial charge < -0.3 is 5.32 Å². The Morgan fingerprint density at radius 3 is 1.41 bits per heavy atom. The third-order valence-corrected chi connectivity index (χ3v) is 3.62. The summed E-state index contributed by atoms with van der Waals surface area (Å²) in [7, 11) is 0. The molecule has 0 spiro atoms. The monoisotopic (exact) mass is 237 g/mol. The lowest BCUT2D eigenvalue weighted by molar-refractivity contribution is 0.548. The number of rotatable bonds is 0. The van der Waals surface area contributed by atoms with Gasteiger partial charge in [0.25, 0.3) is 0 Å². The highest BCUT2D eigenvalue weighted by molar-refractivity contribution is 4.81. The maximum absolute atomic E-state index is 3.57. The molecule has 0 atom stereocenters. The average Bonchev–Trinajstić information content (AvgIpc) is 2.35. The number of hydrogen-bond donors (Lipinski definition) is 1. The average molecular weight is 237 g/mol. The zero-order valence-electron chi connectivity index (χ0n) is 11.6. The molecule has 0 fully saturated rings. The molecular weight excluding hydrogens is 206 g/mol. The standard InChI is InChI=1S/C16H31N/c1-2-4-6-8-10-12-14-16-17-15-13-11-9-7-5-3-1/h1,3,17H,2,4-16H2. The molecular formula is C16H31N. The molecule has 1 aliphatic heterocycles. The summed E-state index contributed by atoms with van der Waals surface area (Å²) >= 11 is 0. The van der Waals surface area contributed by atoms with Gasteiger partial charge >= 0.3 is 0 Å². The zero-order valence-corrected chi connectivity index (χ0v) is 11.6. The molecule has 1 rings (SSSR count). The SMILES string of the molecule is C1=CCCCCCCNCCCCCCCC1. The van der Waals surface area contributed by atoms with Crippen LogP contribution in [0, 0.1) is 0 Å². The lowest BCUT2D eigenvalue weighted by Gasteiger charge is -2.04. The van der Waals surface area contributed by atoms with Gasteiger partial charge in [0.05, 0.1) is 0 Å². The van der Waals surface area contributed by atoms with Gasteiger partial charge in [0.2, 0.25) is 0 Å². The van der Waals surface area contributed by atoms with E-state index in [1.54, 1.807) is 0 Å². The highest BCUT2D eigenvalue weighted by atomic mass is 14.8. The van der Waals surface area contributed by atoms with Gasteiger partial charge in [0.15, 0.2) is 0 Å². The van der Waals surface area contributed by atoms with Crippen molar-refractivity contribution in [3.05, 3.63) is 12.2 Å². The van der Waals surface area contributed by atoms with Crippen LogP contribution < -0.4 is 5.32 Å². The molecule has 0 aromatic carbocycles. The van der Waals surface area contributed by atoms with Crippen molar-refractivity contribution in [2.45, 2.75) is 77.0 Å². The predicted octanol–water partition coefficient (Wildman–Crippen LogP) is 4.83. The Hall–Kier alpha value is -0.300. The summed E-state index contributed by atoms with van der Waals surface area (Å²) in [5, 5.41) is 3.57. The first kappa shape index (κ1) is 14.8. The van der Waals surface area contributed by atoms with Crippen molar-refractivity contribution >= 4 is 0 Å². The first-order valence-electron chi connectivity index (χ1n) is 7.86. The van der Waals surface area contributed by atoms with E-state index in [2.05, 4.69) is 17.5 Å². The molecule has 0 bridgehead atoms. The van der Waals surface area contributed by atoms with Gasteiger partial charge in [0.1, 0.15) is 0 Å². The number of nitrogens with one attached hydrogen (secondary N) is 1. The fourth-order valence-corrected chi connectivity index (χ4v) is 2.45. The predicted molar refractivity (Wildman–Crippen MR) is 77.4 cm³/mol. The second-order valence-corrected chi connectivity index (χ2v) is 5.33. The highest BCUT2D eigenvalue weighted by Gasteiger charge is 1.93.